The van der Waals surface area contributed by atoms with Gasteiger partial charge in [0, 0.05) is 6.54 Å². The van der Waals surface area contributed by atoms with Gasteiger partial charge in [-0.25, -0.2) is 0 Å². The molecule has 4 nitrogen and oxygen atoms in total. The maximum atomic E-state index is 10.5. The number of unbranched alkanes of at least 4 members (excludes halogenated alkanes) is 13. The van der Waals surface area contributed by atoms with Crippen molar-refractivity contribution in [3.8, 4) is 0 Å². The standard InChI is InChI=1S/C18H39NO3S.Ca.2H/c1-2-3-4-5-6-7-8-9-10-11-12-13-14-15-16-19-17-18-23(20,21)22;;;/h19H,2-18H2,1H3,(H,20,21,22);;;/q;+2;2*-1. The molecule has 6 heteroatoms. The van der Waals surface area contributed by atoms with Gasteiger partial charge in [0.05, 0.1) is 5.75 Å². The summed E-state index contributed by atoms with van der Waals surface area (Å²) in [5.41, 5.74) is 0. The fourth-order valence-electron chi connectivity index (χ4n) is 2.77. The first-order chi connectivity index (χ1) is 11.1. The van der Waals surface area contributed by atoms with Gasteiger partial charge in [-0.2, -0.15) is 8.42 Å². The summed E-state index contributed by atoms with van der Waals surface area (Å²) in [6.45, 7) is 3.45. The quantitative estimate of drug-likeness (QED) is 0.200. The van der Waals surface area contributed by atoms with Gasteiger partial charge in [-0.05, 0) is 13.0 Å². The van der Waals surface area contributed by atoms with E-state index < -0.39 is 10.1 Å². The Hall–Kier alpha value is 1.13. The molecule has 0 bridgehead atoms. The van der Waals surface area contributed by atoms with E-state index >= 15 is 0 Å². The van der Waals surface area contributed by atoms with Gasteiger partial charge in [0.25, 0.3) is 10.1 Å². The van der Waals surface area contributed by atoms with Crippen molar-refractivity contribution in [3.63, 3.8) is 0 Å². The van der Waals surface area contributed by atoms with Crippen molar-refractivity contribution in [2.24, 2.45) is 0 Å². The van der Waals surface area contributed by atoms with Crippen LogP contribution in [-0.2, 0) is 10.1 Å². The molecule has 0 saturated heterocycles. The van der Waals surface area contributed by atoms with Crippen LogP contribution in [0.5, 0.6) is 0 Å². The van der Waals surface area contributed by atoms with Crippen molar-refractivity contribution >= 4 is 47.9 Å². The maximum Gasteiger partial charge on any atom is 2.00 e. The van der Waals surface area contributed by atoms with E-state index in [0.29, 0.717) is 6.54 Å². The van der Waals surface area contributed by atoms with Crippen molar-refractivity contribution in [1.82, 2.24) is 5.32 Å². The first-order valence-electron chi connectivity index (χ1n) is 9.72. The smallest absolute Gasteiger partial charge is 1.00 e. The van der Waals surface area contributed by atoms with Gasteiger partial charge in [0.15, 0.2) is 0 Å². The van der Waals surface area contributed by atoms with Crippen LogP contribution in [0.4, 0.5) is 0 Å². The van der Waals surface area contributed by atoms with Gasteiger partial charge in [0.2, 0.25) is 0 Å². The van der Waals surface area contributed by atoms with Gasteiger partial charge in [-0.1, -0.05) is 90.4 Å². The summed E-state index contributed by atoms with van der Waals surface area (Å²) >= 11 is 0. The summed E-state index contributed by atoms with van der Waals surface area (Å²) in [5.74, 6) is -0.189. The summed E-state index contributed by atoms with van der Waals surface area (Å²) in [7, 11) is -3.81. The molecule has 0 aromatic heterocycles. The van der Waals surface area contributed by atoms with Gasteiger partial charge < -0.3 is 8.17 Å². The molecule has 0 unspecified atom stereocenters. The van der Waals surface area contributed by atoms with Gasteiger partial charge in [-0.3, -0.25) is 4.55 Å². The Morgan fingerprint density at radius 2 is 1.08 bits per heavy atom. The minimum atomic E-state index is -3.81. The molecule has 0 saturated carbocycles. The molecule has 0 amide bonds. The first-order valence-corrected chi connectivity index (χ1v) is 11.3. The van der Waals surface area contributed by atoms with Gasteiger partial charge in [0.1, 0.15) is 0 Å². The van der Waals surface area contributed by atoms with Crippen LogP contribution < -0.4 is 5.32 Å². The molecule has 0 aliphatic heterocycles. The minimum Gasteiger partial charge on any atom is -1.00 e. The zero-order chi connectivity index (χ0) is 17.2. The second-order valence-corrected chi connectivity index (χ2v) is 8.20. The molecule has 0 aliphatic carbocycles. The molecule has 0 aromatic carbocycles. The summed E-state index contributed by atoms with van der Waals surface area (Å²) in [6.07, 6.45) is 18.8. The fraction of sp³-hybridized carbons (Fsp3) is 1.00. The summed E-state index contributed by atoms with van der Waals surface area (Å²) in [5, 5.41) is 3.05. The number of hydrogen-bond donors (Lipinski definition) is 2. The van der Waals surface area contributed by atoms with E-state index in [2.05, 4.69) is 12.2 Å². The fourth-order valence-corrected chi connectivity index (χ4v) is 3.17. The van der Waals surface area contributed by atoms with E-state index in [0.717, 1.165) is 13.0 Å². The zero-order valence-electron chi connectivity index (χ0n) is 17.9. The first kappa shape index (κ1) is 27.3. The molecule has 0 aromatic rings. The molecule has 0 aliphatic rings. The Kier molecular flexibility index (Phi) is 23.3. The van der Waals surface area contributed by atoms with Crippen LogP contribution in [0.25, 0.3) is 0 Å². The molecular formula is C18H41CaNO3S. The van der Waals surface area contributed by atoms with Crippen molar-refractivity contribution in [1.29, 1.82) is 0 Å². The third kappa shape index (κ3) is 25.4. The number of rotatable bonds is 18. The molecule has 0 spiro atoms. The van der Waals surface area contributed by atoms with Crippen molar-refractivity contribution < 1.29 is 15.8 Å². The van der Waals surface area contributed by atoms with E-state index in [1.807, 2.05) is 0 Å². The zero-order valence-corrected chi connectivity index (χ0v) is 18.9. The molecule has 0 radical (unpaired) electrons. The average Bonchev–Trinajstić information content (AvgIpc) is 2.49. The molecule has 144 valence electrons. The third-order valence-electron chi connectivity index (χ3n) is 4.24. The third-order valence-corrected chi connectivity index (χ3v) is 4.96. The van der Waals surface area contributed by atoms with Crippen LogP contribution in [0, 0.1) is 0 Å². The molecule has 2 N–H and O–H groups in total. The number of nitrogens with one attached hydrogen (secondary N) is 1. The number of hydrogen-bond acceptors (Lipinski definition) is 3. The van der Waals surface area contributed by atoms with Crippen LogP contribution >= 0.6 is 0 Å². The van der Waals surface area contributed by atoms with Gasteiger partial charge >= 0.3 is 37.7 Å². The molecule has 0 fully saturated rings. The normalized spacial score (nSPS) is 11.4. The average molecular weight is 392 g/mol. The van der Waals surface area contributed by atoms with Gasteiger partial charge in [-0.15, -0.1) is 0 Å². The van der Waals surface area contributed by atoms with Crippen LogP contribution in [-0.4, -0.2) is 69.6 Å². The van der Waals surface area contributed by atoms with Crippen LogP contribution in [0.1, 0.15) is 99.7 Å². The Labute approximate surface area is 183 Å². The largest absolute Gasteiger partial charge is 2.00 e. The second kappa shape index (κ2) is 20.4. The molecule has 0 atom stereocenters. The van der Waals surface area contributed by atoms with E-state index in [4.69, 9.17) is 4.55 Å². The Morgan fingerprint density at radius 1 is 0.708 bits per heavy atom. The van der Waals surface area contributed by atoms with Crippen molar-refractivity contribution in [2.75, 3.05) is 18.8 Å². The molecule has 0 rings (SSSR count). The topological polar surface area (TPSA) is 66.4 Å². The SMILES string of the molecule is CCCCCCCCCCCCCCCCNCCS(=O)(=O)O.[Ca+2].[H-].[H-]. The van der Waals surface area contributed by atoms with E-state index in [1.165, 1.54) is 83.5 Å². The van der Waals surface area contributed by atoms with Crippen LogP contribution in [0.2, 0.25) is 0 Å². The van der Waals surface area contributed by atoms with Crippen molar-refractivity contribution in [2.45, 2.75) is 96.8 Å². The monoisotopic (exact) mass is 391 g/mol. The molecule has 0 heterocycles. The van der Waals surface area contributed by atoms with E-state index in [1.54, 1.807) is 0 Å². The van der Waals surface area contributed by atoms with Crippen LogP contribution in [0.15, 0.2) is 0 Å². The Bertz CT molecular complexity index is 347. The summed E-state index contributed by atoms with van der Waals surface area (Å²) < 4.78 is 29.6. The predicted octanol–water partition coefficient (Wildman–Crippen LogP) is 4.79. The van der Waals surface area contributed by atoms with Crippen LogP contribution in [0.3, 0.4) is 0 Å². The second-order valence-electron chi connectivity index (χ2n) is 6.63. The minimum absolute atomic E-state index is 0. The predicted molar refractivity (Wildman–Crippen MR) is 108 cm³/mol. The van der Waals surface area contributed by atoms with Crippen molar-refractivity contribution in [3.05, 3.63) is 0 Å². The molecular weight excluding hydrogens is 350 g/mol. The van der Waals surface area contributed by atoms with E-state index in [9.17, 15) is 8.42 Å². The summed E-state index contributed by atoms with van der Waals surface area (Å²) in [4.78, 5) is 0. The maximum absolute atomic E-state index is 10.5. The molecule has 24 heavy (non-hydrogen) atoms. The van der Waals surface area contributed by atoms with E-state index in [-0.39, 0.29) is 46.3 Å². The Balaban J connectivity index is -0.000000807. The Morgan fingerprint density at radius 3 is 1.46 bits per heavy atom. The summed E-state index contributed by atoms with van der Waals surface area (Å²) in [6, 6.07) is 0.